The highest BCUT2D eigenvalue weighted by Gasteiger charge is 2.30. The van der Waals surface area contributed by atoms with Crippen molar-refractivity contribution in [2.24, 2.45) is 5.92 Å². The molecule has 0 aromatic rings. The van der Waals surface area contributed by atoms with Gasteiger partial charge in [0.25, 0.3) is 5.91 Å². The molecule has 0 aromatic carbocycles. The number of hydrogen-bond acceptors (Lipinski definition) is 3. The number of hydrogen-bond donors (Lipinski definition) is 1. The van der Waals surface area contributed by atoms with Crippen molar-refractivity contribution in [3.63, 3.8) is 0 Å². The monoisotopic (exact) mass is 183 g/mol. The fraction of sp³-hybridized carbons (Fsp3) is 0.667. The van der Waals surface area contributed by atoms with E-state index in [0.29, 0.717) is 6.61 Å². The predicted molar refractivity (Wildman–Crippen MR) is 46.4 cm³/mol. The summed E-state index contributed by atoms with van der Waals surface area (Å²) in [5.74, 6) is 2.24. The first-order valence-electron chi connectivity index (χ1n) is 4.22. The molecule has 1 aliphatic heterocycles. The van der Waals surface area contributed by atoms with Gasteiger partial charge in [-0.15, -0.1) is 6.42 Å². The molecule has 0 spiro atoms. The summed E-state index contributed by atoms with van der Waals surface area (Å²) in [6.45, 7) is 2.68. The second-order valence-corrected chi connectivity index (χ2v) is 3.02. The molecule has 0 bridgehead atoms. The van der Waals surface area contributed by atoms with Gasteiger partial charge in [0.1, 0.15) is 12.7 Å². The molecule has 0 aromatic heterocycles. The Hall–Kier alpha value is -1.05. The van der Waals surface area contributed by atoms with E-state index in [1.807, 2.05) is 6.92 Å². The van der Waals surface area contributed by atoms with Gasteiger partial charge >= 0.3 is 0 Å². The van der Waals surface area contributed by atoms with Crippen LogP contribution in [-0.4, -0.2) is 25.2 Å². The van der Waals surface area contributed by atoms with Crippen LogP contribution in [0.25, 0.3) is 0 Å². The maximum absolute atomic E-state index is 11.3. The van der Waals surface area contributed by atoms with Gasteiger partial charge in [-0.3, -0.25) is 9.63 Å². The lowest BCUT2D eigenvalue weighted by Gasteiger charge is -2.13. The summed E-state index contributed by atoms with van der Waals surface area (Å²) in [7, 11) is 0. The molecular weight excluding hydrogens is 170 g/mol. The lowest BCUT2D eigenvalue weighted by molar-refractivity contribution is -0.143. The van der Waals surface area contributed by atoms with Gasteiger partial charge in [-0.1, -0.05) is 12.8 Å². The van der Waals surface area contributed by atoms with Crippen LogP contribution in [0.15, 0.2) is 0 Å². The minimum atomic E-state index is -0.391. The van der Waals surface area contributed by atoms with Crippen molar-refractivity contribution in [1.29, 1.82) is 0 Å². The number of amides is 1. The number of terminal acetylenes is 1. The molecular formula is C9H13NO3. The summed E-state index contributed by atoms with van der Waals surface area (Å²) in [5.41, 5.74) is 2.25. The van der Waals surface area contributed by atoms with Crippen LogP contribution in [0.4, 0.5) is 0 Å². The van der Waals surface area contributed by atoms with Gasteiger partial charge in [0.05, 0.1) is 0 Å². The predicted octanol–water partition coefficient (Wildman–Crippen LogP) is 0.0924. The third-order valence-electron chi connectivity index (χ3n) is 1.97. The summed E-state index contributed by atoms with van der Waals surface area (Å²) in [6, 6.07) is 0. The molecule has 4 nitrogen and oxygen atoms in total. The van der Waals surface area contributed by atoms with Crippen molar-refractivity contribution in [2.75, 3.05) is 13.2 Å². The van der Waals surface area contributed by atoms with Crippen LogP contribution in [0.5, 0.6) is 0 Å². The summed E-state index contributed by atoms with van der Waals surface area (Å²) in [4.78, 5) is 16.0. The first kappa shape index (κ1) is 10.0. The molecule has 13 heavy (non-hydrogen) atoms. The molecule has 1 aliphatic rings. The van der Waals surface area contributed by atoms with E-state index in [-0.39, 0.29) is 18.4 Å². The van der Waals surface area contributed by atoms with Crippen molar-refractivity contribution in [3.8, 4) is 12.3 Å². The van der Waals surface area contributed by atoms with Crippen LogP contribution in [0.3, 0.4) is 0 Å². The highest BCUT2D eigenvalue weighted by Crippen LogP contribution is 2.19. The molecule has 0 aliphatic carbocycles. The molecule has 4 heteroatoms. The van der Waals surface area contributed by atoms with Crippen molar-refractivity contribution in [1.82, 2.24) is 5.48 Å². The lowest BCUT2D eigenvalue weighted by atomic mass is 10.0. The quantitative estimate of drug-likeness (QED) is 0.383. The highest BCUT2D eigenvalue weighted by atomic mass is 16.7. The molecule has 72 valence electrons. The van der Waals surface area contributed by atoms with E-state index in [1.54, 1.807) is 0 Å². The Labute approximate surface area is 77.5 Å². The second kappa shape index (κ2) is 4.85. The Morgan fingerprint density at radius 2 is 2.62 bits per heavy atom. The largest absolute Gasteiger partial charge is 0.368 e. The summed E-state index contributed by atoms with van der Waals surface area (Å²) >= 11 is 0. The van der Waals surface area contributed by atoms with Gasteiger partial charge in [0.15, 0.2) is 0 Å². The molecule has 1 heterocycles. The average molecular weight is 183 g/mol. The van der Waals surface area contributed by atoms with Crippen molar-refractivity contribution < 1.29 is 14.4 Å². The van der Waals surface area contributed by atoms with Gasteiger partial charge < -0.3 is 4.74 Å². The van der Waals surface area contributed by atoms with Crippen molar-refractivity contribution in [3.05, 3.63) is 0 Å². The summed E-state index contributed by atoms with van der Waals surface area (Å²) in [6.07, 6.45) is 5.46. The van der Waals surface area contributed by atoms with Gasteiger partial charge in [-0.2, -0.15) is 0 Å². The van der Waals surface area contributed by atoms with Crippen molar-refractivity contribution >= 4 is 5.91 Å². The standard InChI is InChI=1S/C9H13NO3/c1-3-5-13-10-9(11)8-7(2)4-6-12-8/h1,7-8H,4-6H2,2H3,(H,10,11). The second-order valence-electron chi connectivity index (χ2n) is 3.02. The fourth-order valence-corrected chi connectivity index (χ4v) is 1.24. The molecule has 0 radical (unpaired) electrons. The normalized spacial score (nSPS) is 26.8. The Morgan fingerprint density at radius 1 is 1.85 bits per heavy atom. The van der Waals surface area contributed by atoms with E-state index < -0.39 is 6.10 Å². The number of nitrogens with one attached hydrogen (secondary N) is 1. The minimum Gasteiger partial charge on any atom is -0.368 e. The smallest absolute Gasteiger partial charge is 0.272 e. The minimum absolute atomic E-state index is 0.0762. The number of rotatable bonds is 3. The first-order chi connectivity index (χ1) is 6.25. The highest BCUT2D eigenvalue weighted by molar-refractivity contribution is 5.80. The van der Waals surface area contributed by atoms with Crippen LogP contribution in [-0.2, 0) is 14.4 Å². The maximum Gasteiger partial charge on any atom is 0.272 e. The molecule has 2 unspecified atom stereocenters. The van der Waals surface area contributed by atoms with Gasteiger partial charge in [-0.25, -0.2) is 5.48 Å². The van der Waals surface area contributed by atoms with Crippen LogP contribution in [0.1, 0.15) is 13.3 Å². The number of carbonyl (C=O) groups excluding carboxylic acids is 1. The molecule has 1 N–H and O–H groups in total. The zero-order valence-electron chi connectivity index (χ0n) is 7.58. The van der Waals surface area contributed by atoms with Gasteiger partial charge in [0.2, 0.25) is 0 Å². The zero-order chi connectivity index (χ0) is 9.68. The van der Waals surface area contributed by atoms with E-state index in [1.165, 1.54) is 0 Å². The average Bonchev–Trinajstić information content (AvgIpc) is 2.52. The Morgan fingerprint density at radius 3 is 3.15 bits per heavy atom. The zero-order valence-corrected chi connectivity index (χ0v) is 7.58. The summed E-state index contributed by atoms with van der Waals surface area (Å²) in [5, 5.41) is 0. The maximum atomic E-state index is 11.3. The molecule has 2 atom stereocenters. The van der Waals surface area contributed by atoms with E-state index in [9.17, 15) is 4.79 Å². The van der Waals surface area contributed by atoms with Crippen LogP contribution < -0.4 is 5.48 Å². The molecule has 1 saturated heterocycles. The Kier molecular flexibility index (Phi) is 3.74. The number of carbonyl (C=O) groups is 1. The molecule has 0 saturated carbocycles. The van der Waals surface area contributed by atoms with E-state index in [4.69, 9.17) is 11.2 Å². The van der Waals surface area contributed by atoms with Gasteiger partial charge in [-0.05, 0) is 12.3 Å². The number of hydroxylamine groups is 1. The third-order valence-corrected chi connectivity index (χ3v) is 1.97. The fourth-order valence-electron chi connectivity index (χ4n) is 1.24. The SMILES string of the molecule is C#CCONC(=O)C1OCCC1C. The van der Waals surface area contributed by atoms with Crippen LogP contribution in [0, 0.1) is 18.3 Å². The van der Waals surface area contributed by atoms with E-state index >= 15 is 0 Å². The first-order valence-corrected chi connectivity index (χ1v) is 4.22. The molecule has 1 rings (SSSR count). The molecule has 1 amide bonds. The van der Waals surface area contributed by atoms with Gasteiger partial charge in [0, 0.05) is 6.61 Å². The Bertz CT molecular complexity index is 221. The van der Waals surface area contributed by atoms with Crippen LogP contribution >= 0.6 is 0 Å². The van der Waals surface area contributed by atoms with E-state index in [0.717, 1.165) is 6.42 Å². The van der Waals surface area contributed by atoms with Crippen LogP contribution in [0.2, 0.25) is 0 Å². The third kappa shape index (κ3) is 2.72. The molecule has 1 fully saturated rings. The topological polar surface area (TPSA) is 47.6 Å². The van der Waals surface area contributed by atoms with Crippen molar-refractivity contribution in [2.45, 2.75) is 19.4 Å². The summed E-state index contributed by atoms with van der Waals surface area (Å²) < 4.78 is 5.21. The number of ether oxygens (including phenoxy) is 1. The Balaban J connectivity index is 2.27. The van der Waals surface area contributed by atoms with E-state index in [2.05, 4.69) is 16.2 Å². The lowest BCUT2D eigenvalue weighted by Crippen LogP contribution is -2.37.